The third-order valence-corrected chi connectivity index (χ3v) is 2.73. The van der Waals surface area contributed by atoms with Gasteiger partial charge in [0.25, 0.3) is 0 Å². The summed E-state index contributed by atoms with van der Waals surface area (Å²) in [5, 5.41) is 0.174. The van der Waals surface area contributed by atoms with Crippen molar-refractivity contribution in [3.63, 3.8) is 0 Å². The molecule has 20 heavy (non-hydrogen) atoms. The van der Waals surface area contributed by atoms with Crippen molar-refractivity contribution >= 4 is 23.5 Å². The van der Waals surface area contributed by atoms with Gasteiger partial charge in [0.2, 0.25) is 0 Å². The molecule has 1 unspecified atom stereocenters. The van der Waals surface area contributed by atoms with Crippen LogP contribution in [0.4, 0.5) is 0 Å². The van der Waals surface area contributed by atoms with E-state index < -0.39 is 23.6 Å². The van der Waals surface area contributed by atoms with Gasteiger partial charge in [-0.25, -0.2) is 9.59 Å². The van der Waals surface area contributed by atoms with E-state index in [-0.39, 0.29) is 10.6 Å². The second kappa shape index (κ2) is 6.24. The fourth-order valence-corrected chi connectivity index (χ4v) is 1.77. The first kappa shape index (κ1) is 16.5. The van der Waals surface area contributed by atoms with Crippen LogP contribution in [0, 0.1) is 0 Å². The van der Waals surface area contributed by atoms with E-state index in [1.165, 1.54) is 19.2 Å². The Morgan fingerprint density at radius 1 is 1.30 bits per heavy atom. The molecule has 0 heterocycles. The summed E-state index contributed by atoms with van der Waals surface area (Å²) in [6.07, 6.45) is 0. The normalized spacial score (nSPS) is 12.7. The summed E-state index contributed by atoms with van der Waals surface area (Å²) in [4.78, 5) is 23.3. The summed E-state index contributed by atoms with van der Waals surface area (Å²) in [7, 11) is 1.26. The first-order chi connectivity index (χ1) is 9.15. The van der Waals surface area contributed by atoms with Crippen LogP contribution >= 0.6 is 11.6 Å². The van der Waals surface area contributed by atoms with Gasteiger partial charge >= 0.3 is 11.9 Å². The first-order valence-corrected chi connectivity index (χ1v) is 6.39. The van der Waals surface area contributed by atoms with Crippen LogP contribution in [0.2, 0.25) is 5.02 Å². The van der Waals surface area contributed by atoms with Gasteiger partial charge in [-0.1, -0.05) is 17.7 Å². The number of esters is 2. The van der Waals surface area contributed by atoms with E-state index in [0.717, 1.165) is 0 Å². The molecule has 6 heteroatoms. The molecule has 0 aliphatic heterocycles. The zero-order valence-electron chi connectivity index (χ0n) is 11.9. The van der Waals surface area contributed by atoms with E-state index in [1.54, 1.807) is 26.8 Å². The van der Waals surface area contributed by atoms with Gasteiger partial charge in [0.15, 0.2) is 0 Å². The van der Waals surface area contributed by atoms with Gasteiger partial charge in [-0.15, -0.1) is 0 Å². The predicted molar refractivity (Wildman–Crippen MR) is 75.6 cm³/mol. The maximum Gasteiger partial charge on any atom is 0.339 e. The molecule has 0 saturated heterocycles. The number of carbonyl (C=O) groups is 2. The van der Waals surface area contributed by atoms with Crippen LogP contribution in [-0.4, -0.2) is 24.6 Å². The molecule has 2 N–H and O–H groups in total. The summed E-state index contributed by atoms with van der Waals surface area (Å²) in [5.74, 6) is -1.10. The number of carbonyl (C=O) groups excluding carboxylic acids is 2. The molecule has 5 nitrogen and oxygen atoms in total. The number of hydrogen-bond donors (Lipinski definition) is 1. The molecule has 0 spiro atoms. The molecule has 0 aliphatic carbocycles. The van der Waals surface area contributed by atoms with Gasteiger partial charge in [-0.2, -0.15) is 0 Å². The maximum absolute atomic E-state index is 11.9. The van der Waals surface area contributed by atoms with Crippen LogP contribution in [0.15, 0.2) is 18.2 Å². The van der Waals surface area contributed by atoms with Crippen molar-refractivity contribution in [2.45, 2.75) is 32.4 Å². The van der Waals surface area contributed by atoms with Crippen LogP contribution < -0.4 is 5.73 Å². The Morgan fingerprint density at radius 3 is 2.35 bits per heavy atom. The standard InChI is InChI=1S/C14H18ClNO4/c1-14(2,3)20-13(18)11(16)8-5-6-9(10(15)7-8)12(17)19-4/h5-7,11H,16H2,1-4H3. The molecule has 0 amide bonds. The van der Waals surface area contributed by atoms with Crippen LogP contribution in [0.1, 0.15) is 42.7 Å². The largest absolute Gasteiger partial charge is 0.465 e. The number of benzene rings is 1. The van der Waals surface area contributed by atoms with Crippen molar-refractivity contribution in [2.24, 2.45) is 5.73 Å². The fourth-order valence-electron chi connectivity index (χ4n) is 1.50. The quantitative estimate of drug-likeness (QED) is 0.867. The van der Waals surface area contributed by atoms with Crippen LogP contribution in [0.5, 0.6) is 0 Å². The van der Waals surface area contributed by atoms with E-state index in [9.17, 15) is 9.59 Å². The molecule has 0 radical (unpaired) electrons. The predicted octanol–water partition coefficient (Wildman–Crippen LogP) is 2.47. The highest BCUT2D eigenvalue weighted by Gasteiger charge is 2.24. The maximum atomic E-state index is 11.9. The monoisotopic (exact) mass is 299 g/mol. The van der Waals surface area contributed by atoms with Crippen molar-refractivity contribution in [3.8, 4) is 0 Å². The molecule has 1 rings (SSSR count). The number of ether oxygens (including phenoxy) is 2. The molecular formula is C14H18ClNO4. The van der Waals surface area contributed by atoms with Gasteiger partial charge in [0, 0.05) is 0 Å². The highest BCUT2D eigenvalue weighted by Crippen LogP contribution is 2.23. The molecule has 110 valence electrons. The van der Waals surface area contributed by atoms with Crippen LogP contribution in [0.25, 0.3) is 0 Å². The van der Waals surface area contributed by atoms with Gasteiger partial charge in [0.1, 0.15) is 11.6 Å². The Hall–Kier alpha value is -1.59. The minimum Gasteiger partial charge on any atom is -0.465 e. The van der Waals surface area contributed by atoms with Gasteiger partial charge in [0.05, 0.1) is 17.7 Å². The zero-order valence-corrected chi connectivity index (χ0v) is 12.7. The highest BCUT2D eigenvalue weighted by molar-refractivity contribution is 6.33. The number of halogens is 1. The summed E-state index contributed by atoms with van der Waals surface area (Å²) >= 11 is 5.98. The number of nitrogens with two attached hydrogens (primary N) is 1. The van der Waals surface area contributed by atoms with Crippen molar-refractivity contribution in [1.29, 1.82) is 0 Å². The summed E-state index contributed by atoms with van der Waals surface area (Å²) in [5.41, 5.74) is 5.89. The first-order valence-electron chi connectivity index (χ1n) is 6.02. The SMILES string of the molecule is COC(=O)c1ccc(C(N)C(=O)OC(C)(C)C)cc1Cl. The van der Waals surface area contributed by atoms with E-state index in [1.807, 2.05) is 0 Å². The Balaban J connectivity index is 2.95. The van der Waals surface area contributed by atoms with Gasteiger partial charge in [-0.3, -0.25) is 0 Å². The Kier molecular flexibility index (Phi) is 5.14. The minimum atomic E-state index is -0.960. The lowest BCUT2D eigenvalue weighted by molar-refractivity contribution is -0.156. The fraction of sp³-hybridized carbons (Fsp3) is 0.429. The van der Waals surface area contributed by atoms with E-state index in [4.69, 9.17) is 22.1 Å². The van der Waals surface area contributed by atoms with Crippen LogP contribution in [-0.2, 0) is 14.3 Å². The molecule has 1 atom stereocenters. The van der Waals surface area contributed by atoms with Crippen molar-refractivity contribution in [3.05, 3.63) is 34.3 Å². The summed E-state index contributed by atoms with van der Waals surface area (Å²) in [6, 6.07) is 3.52. The molecule has 0 fully saturated rings. The molecule has 0 aromatic heterocycles. The second-order valence-corrected chi connectivity index (χ2v) is 5.65. The molecule has 0 bridgehead atoms. The lowest BCUT2D eigenvalue weighted by atomic mass is 10.0. The average molecular weight is 300 g/mol. The highest BCUT2D eigenvalue weighted by atomic mass is 35.5. The summed E-state index contributed by atoms with van der Waals surface area (Å²) < 4.78 is 9.78. The topological polar surface area (TPSA) is 78.6 Å². The van der Waals surface area contributed by atoms with Gasteiger partial charge in [-0.05, 0) is 38.5 Å². The minimum absolute atomic E-state index is 0.174. The average Bonchev–Trinajstić information content (AvgIpc) is 2.34. The van der Waals surface area contributed by atoms with Crippen molar-refractivity contribution in [2.75, 3.05) is 7.11 Å². The lowest BCUT2D eigenvalue weighted by Gasteiger charge is -2.22. The van der Waals surface area contributed by atoms with Crippen molar-refractivity contribution < 1.29 is 19.1 Å². The van der Waals surface area contributed by atoms with E-state index in [2.05, 4.69) is 4.74 Å². The Labute approximate surface area is 123 Å². The van der Waals surface area contributed by atoms with Gasteiger partial charge < -0.3 is 15.2 Å². The van der Waals surface area contributed by atoms with E-state index >= 15 is 0 Å². The molecular weight excluding hydrogens is 282 g/mol. The molecule has 0 saturated carbocycles. The lowest BCUT2D eigenvalue weighted by Crippen LogP contribution is -2.31. The molecule has 1 aromatic carbocycles. The number of hydrogen-bond acceptors (Lipinski definition) is 5. The van der Waals surface area contributed by atoms with E-state index in [0.29, 0.717) is 5.56 Å². The molecule has 0 aliphatic rings. The van der Waals surface area contributed by atoms with Crippen molar-refractivity contribution in [1.82, 2.24) is 0 Å². The zero-order chi connectivity index (χ0) is 15.5. The number of methoxy groups -OCH3 is 1. The number of rotatable bonds is 3. The third-order valence-electron chi connectivity index (χ3n) is 2.42. The Bertz CT molecular complexity index is 522. The molecule has 1 aromatic rings. The summed E-state index contributed by atoms with van der Waals surface area (Å²) in [6.45, 7) is 5.26. The third kappa shape index (κ3) is 4.21. The Morgan fingerprint density at radius 2 is 1.90 bits per heavy atom. The van der Waals surface area contributed by atoms with Crippen LogP contribution in [0.3, 0.4) is 0 Å². The smallest absolute Gasteiger partial charge is 0.339 e. The second-order valence-electron chi connectivity index (χ2n) is 5.24.